The van der Waals surface area contributed by atoms with Crippen molar-refractivity contribution in [2.24, 2.45) is 0 Å². The molecule has 4 aromatic heterocycles. The zero-order chi connectivity index (χ0) is 80.8. The molecule has 0 radical (unpaired) electrons. The summed E-state index contributed by atoms with van der Waals surface area (Å²) >= 11 is 0. The first-order valence-electron chi connectivity index (χ1n) is 40.2. The van der Waals surface area contributed by atoms with Crippen molar-refractivity contribution in [3.63, 3.8) is 0 Å². The van der Waals surface area contributed by atoms with Crippen LogP contribution in [-0.2, 0) is 32.5 Å². The Balaban J connectivity index is 0.000000220. The van der Waals surface area contributed by atoms with Gasteiger partial charge >= 0.3 is 0 Å². The van der Waals surface area contributed by atoms with Gasteiger partial charge in [-0.2, -0.15) is 0 Å². The van der Waals surface area contributed by atoms with Crippen molar-refractivity contribution in [3.8, 4) is 124 Å². The van der Waals surface area contributed by atoms with Gasteiger partial charge in [-0.15, -0.1) is 0 Å². The maximum Gasteiger partial charge on any atom is 0.128 e. The monoisotopic (exact) mass is 1470 g/mol. The van der Waals surface area contributed by atoms with Gasteiger partial charge in [0.15, 0.2) is 0 Å². The molecule has 0 aliphatic carbocycles. The lowest BCUT2D eigenvalue weighted by molar-refractivity contribution is 0.416. The Bertz CT molecular complexity index is 5240. The molecule has 0 aliphatic rings. The van der Waals surface area contributed by atoms with E-state index in [1.807, 2.05) is 42.7 Å². The van der Waals surface area contributed by atoms with Gasteiger partial charge in [0, 0.05) is 45.8 Å². The van der Waals surface area contributed by atoms with Crippen LogP contribution in [0.4, 0.5) is 0 Å². The third-order valence-electron chi connectivity index (χ3n) is 21.8. The summed E-state index contributed by atoms with van der Waals surface area (Å²) in [6.45, 7) is 59.6. The molecular weight excluding hydrogens is 1350 g/mol. The minimum absolute atomic E-state index is 0.00623. The van der Waals surface area contributed by atoms with Crippen molar-refractivity contribution in [1.29, 1.82) is 0 Å². The van der Waals surface area contributed by atoms with Crippen molar-refractivity contribution in [1.82, 2.24) is 19.9 Å². The van der Waals surface area contributed by atoms with Crippen LogP contribution in [0.25, 0.3) is 112 Å². The molecule has 4 heterocycles. The number of aromatic nitrogens is 4. The van der Waals surface area contributed by atoms with E-state index in [4.69, 9.17) is 24.7 Å². The van der Waals surface area contributed by atoms with E-state index >= 15 is 0 Å². The Labute approximate surface area is 666 Å². The largest absolute Gasteiger partial charge is 0.507 e. The van der Waals surface area contributed by atoms with Gasteiger partial charge in [0.25, 0.3) is 0 Å². The van der Waals surface area contributed by atoms with Crippen LogP contribution >= 0.6 is 0 Å². The SMILES string of the molecule is CC(C)c1cc(C(C)(C)C)cc(C(C)C)c1-c1ccnc(-c2cccc(-c3cc(-c4cc(C(C)(C)C)cc(C(C)(C)C)c4)cc(-c4ccccc4O)n3)c2)c1.COc1ccccc1-c1cc(-c2cc(C(C)(C)C)cc(C(C)(C)C)c2)cc(-c2cccc(-c3cc(-c4c(C(C)C)cc(C(C)(C)C)cc4C(C)C)ccn3)c2)n1. The molecule has 0 unspecified atom stereocenters. The first-order valence-corrected chi connectivity index (χ1v) is 40.2. The van der Waals surface area contributed by atoms with Gasteiger partial charge in [0.1, 0.15) is 11.5 Å². The molecule has 574 valence electrons. The third-order valence-corrected chi connectivity index (χ3v) is 21.8. The Kier molecular flexibility index (Phi) is 23.6. The molecule has 6 heteroatoms. The van der Waals surface area contributed by atoms with Crippen molar-refractivity contribution in [3.05, 3.63) is 274 Å². The number of benzene rings is 8. The molecule has 0 saturated carbocycles. The van der Waals surface area contributed by atoms with Crippen LogP contribution in [-0.4, -0.2) is 32.2 Å². The number of rotatable bonds is 15. The summed E-state index contributed by atoms with van der Waals surface area (Å²) in [7, 11) is 1.73. The molecule has 0 atom stereocenters. The number of aromatic hydroxyl groups is 1. The molecule has 12 rings (SSSR count). The summed E-state index contributed by atoms with van der Waals surface area (Å²) in [6.07, 6.45) is 3.92. The summed E-state index contributed by atoms with van der Waals surface area (Å²) in [5.74, 6) is 2.51. The molecule has 0 fully saturated rings. The van der Waals surface area contributed by atoms with Crippen molar-refractivity contribution < 1.29 is 9.84 Å². The zero-order valence-electron chi connectivity index (χ0n) is 71.7. The molecule has 1 N–H and O–H groups in total. The standard InChI is InChI=1S/C53H62N2O.C52H60N2O/c1-33(2)44-31-42(53(11,12)13)32-45(34(3)4)50(44)37-22-23-54-46(27-37)35-18-17-19-36(24-35)47-28-39(29-48(55-47)43-20-15-16-21-49(43)56-14)38-25-40(51(5,6)7)30-41(26-38)52(8,9)10;1-32(2)43-30-41(52(11,12)13)31-44(33(3)4)49(43)36-21-22-53-45(26-36)34-17-16-18-35(23-34)46-27-38(28-47(54-46)42-19-14-15-20-48(42)55)37-24-39(50(5,6)7)29-40(25-37)51(8,9)10/h15-34H,1-14H3;14-33,55H,1-13H3. The second kappa shape index (κ2) is 32.0. The first kappa shape index (κ1) is 81.9. The maximum absolute atomic E-state index is 11.0. The van der Waals surface area contributed by atoms with Crippen LogP contribution < -0.4 is 4.74 Å². The first-order chi connectivity index (χ1) is 51.9. The minimum Gasteiger partial charge on any atom is -0.507 e. The summed E-state index contributed by atoms with van der Waals surface area (Å²) in [4.78, 5) is 20.4. The lowest BCUT2D eigenvalue weighted by Crippen LogP contribution is -2.16. The van der Waals surface area contributed by atoms with Crippen molar-refractivity contribution in [2.45, 2.75) is 236 Å². The Morgan fingerprint density at radius 1 is 0.261 bits per heavy atom. The average Bonchev–Trinajstić information content (AvgIpc) is 0.768. The summed E-state index contributed by atoms with van der Waals surface area (Å²) in [6, 6.07) is 74.4. The van der Waals surface area contributed by atoms with E-state index in [9.17, 15) is 5.11 Å². The topological polar surface area (TPSA) is 81.0 Å². The van der Waals surface area contributed by atoms with E-state index < -0.39 is 0 Å². The number of para-hydroxylation sites is 2. The van der Waals surface area contributed by atoms with Gasteiger partial charge in [-0.1, -0.05) is 301 Å². The van der Waals surface area contributed by atoms with E-state index in [0.717, 1.165) is 84.4 Å². The highest BCUT2D eigenvalue weighted by atomic mass is 16.5. The number of pyridine rings is 4. The van der Waals surface area contributed by atoms with E-state index in [2.05, 4.69) is 350 Å². The molecule has 12 aromatic rings. The molecule has 0 amide bonds. The predicted octanol–water partition coefficient (Wildman–Crippen LogP) is 29.6. The normalized spacial score (nSPS) is 12.5. The highest BCUT2D eigenvalue weighted by Gasteiger charge is 2.29. The van der Waals surface area contributed by atoms with Crippen LogP contribution in [0.3, 0.4) is 0 Å². The smallest absolute Gasteiger partial charge is 0.128 e. The number of phenols is 1. The molecule has 0 aliphatic heterocycles. The fourth-order valence-electron chi connectivity index (χ4n) is 14.7. The minimum atomic E-state index is -0.0250. The molecule has 0 bridgehead atoms. The molecule has 8 aromatic carbocycles. The van der Waals surface area contributed by atoms with E-state index in [1.54, 1.807) is 13.2 Å². The summed E-state index contributed by atoms with van der Waals surface area (Å²) in [5.41, 5.74) is 34.2. The molecule has 0 spiro atoms. The number of hydrogen-bond donors (Lipinski definition) is 1. The number of ether oxygens (including phenoxy) is 1. The van der Waals surface area contributed by atoms with Crippen LogP contribution in [0.15, 0.2) is 219 Å². The number of hydrogen-bond acceptors (Lipinski definition) is 6. The highest BCUT2D eigenvalue weighted by Crippen LogP contribution is 2.46. The van der Waals surface area contributed by atoms with Crippen LogP contribution in [0.2, 0.25) is 0 Å². The van der Waals surface area contributed by atoms with E-state index in [1.165, 1.54) is 83.5 Å². The molecule has 6 nitrogen and oxygen atoms in total. The summed E-state index contributed by atoms with van der Waals surface area (Å²) < 4.78 is 5.86. The highest BCUT2D eigenvalue weighted by molar-refractivity contribution is 5.85. The predicted molar refractivity (Wildman–Crippen MR) is 475 cm³/mol. The fourth-order valence-corrected chi connectivity index (χ4v) is 14.7. The van der Waals surface area contributed by atoms with E-state index in [0.29, 0.717) is 29.2 Å². The van der Waals surface area contributed by atoms with Crippen molar-refractivity contribution >= 4 is 0 Å². The van der Waals surface area contributed by atoms with E-state index in [-0.39, 0.29) is 38.2 Å². The second-order valence-corrected chi connectivity index (χ2v) is 38.3. The third kappa shape index (κ3) is 18.8. The maximum atomic E-state index is 11.0. The molecule has 111 heavy (non-hydrogen) atoms. The lowest BCUT2D eigenvalue weighted by Gasteiger charge is -2.27. The van der Waals surface area contributed by atoms with Gasteiger partial charge in [-0.05, 0) is 241 Å². The average molecular weight is 1470 g/mol. The van der Waals surface area contributed by atoms with Gasteiger partial charge < -0.3 is 9.84 Å². The van der Waals surface area contributed by atoms with Crippen LogP contribution in [0, 0.1) is 0 Å². The van der Waals surface area contributed by atoms with Gasteiger partial charge in [-0.3, -0.25) is 9.97 Å². The number of methoxy groups -OCH3 is 1. The number of nitrogens with zero attached hydrogens (tertiary/aromatic N) is 4. The Hall–Kier alpha value is -10.0. The summed E-state index contributed by atoms with van der Waals surface area (Å²) in [5, 5.41) is 11.0. The van der Waals surface area contributed by atoms with Gasteiger partial charge in [-0.25, -0.2) is 9.97 Å². The quantitative estimate of drug-likeness (QED) is 0.110. The number of phenolic OH excluding ortho intramolecular Hbond substituents is 1. The van der Waals surface area contributed by atoms with Crippen molar-refractivity contribution in [2.75, 3.05) is 7.11 Å². The molecule has 0 saturated heterocycles. The van der Waals surface area contributed by atoms with Gasteiger partial charge in [0.2, 0.25) is 0 Å². The van der Waals surface area contributed by atoms with Crippen LogP contribution in [0.5, 0.6) is 11.5 Å². The Morgan fingerprint density at radius 3 is 0.865 bits per heavy atom. The zero-order valence-corrected chi connectivity index (χ0v) is 71.7. The second-order valence-electron chi connectivity index (χ2n) is 38.3. The lowest BCUT2D eigenvalue weighted by atomic mass is 9.78. The van der Waals surface area contributed by atoms with Gasteiger partial charge in [0.05, 0.1) is 41.3 Å². The molecular formula is C105H122N4O2. The van der Waals surface area contributed by atoms with Crippen LogP contribution in [0.1, 0.15) is 259 Å². The Morgan fingerprint density at radius 2 is 0.541 bits per heavy atom. The fraction of sp³-hybridized carbons (Fsp3) is 0.352.